The van der Waals surface area contributed by atoms with Gasteiger partial charge in [-0.05, 0) is 60.4 Å². The fourth-order valence-corrected chi connectivity index (χ4v) is 3.98. The molecule has 0 aliphatic carbocycles. The molecule has 2 aromatic rings. The van der Waals surface area contributed by atoms with E-state index in [0.717, 1.165) is 18.6 Å². The standard InChI is InChI=1S/C34H45NO5/c1-4-6-7-8-9-10-11-12-13-14-23-38-31-21-17-29(18-22-31)34(37)40-32-19-15-28(16-20-32)24-30(25-35)33(36)39-26-27(3)5-2/h15-22,24,27H,4-14,23,26H2,1-3H3. The second-order valence-electron chi connectivity index (χ2n) is 10.3. The minimum Gasteiger partial charge on any atom is -0.494 e. The van der Waals surface area contributed by atoms with Crippen molar-refractivity contribution in [3.05, 3.63) is 65.2 Å². The van der Waals surface area contributed by atoms with Crippen LogP contribution in [0.4, 0.5) is 0 Å². The zero-order valence-corrected chi connectivity index (χ0v) is 24.5. The molecule has 2 rings (SSSR count). The van der Waals surface area contributed by atoms with Crippen molar-refractivity contribution < 1.29 is 23.8 Å². The summed E-state index contributed by atoms with van der Waals surface area (Å²) in [5.74, 6) is 0.210. The third-order valence-electron chi connectivity index (χ3n) is 6.79. The van der Waals surface area contributed by atoms with E-state index in [1.54, 1.807) is 48.5 Å². The number of carbonyl (C=O) groups is 2. The maximum Gasteiger partial charge on any atom is 0.348 e. The molecule has 0 radical (unpaired) electrons. The first-order chi connectivity index (χ1) is 19.5. The Morgan fingerprint density at radius 3 is 1.98 bits per heavy atom. The van der Waals surface area contributed by atoms with Crippen LogP contribution in [0.15, 0.2) is 54.1 Å². The number of hydrogen-bond donors (Lipinski definition) is 0. The number of hydrogen-bond acceptors (Lipinski definition) is 6. The van der Waals surface area contributed by atoms with E-state index >= 15 is 0 Å². The molecule has 0 spiro atoms. The molecule has 0 heterocycles. The molecule has 0 saturated carbocycles. The highest BCUT2D eigenvalue weighted by atomic mass is 16.5. The van der Waals surface area contributed by atoms with Crippen molar-refractivity contribution in [1.82, 2.24) is 0 Å². The van der Waals surface area contributed by atoms with E-state index in [1.165, 1.54) is 63.9 Å². The summed E-state index contributed by atoms with van der Waals surface area (Å²) in [6.07, 6.45) is 15.2. The second-order valence-corrected chi connectivity index (χ2v) is 10.3. The van der Waals surface area contributed by atoms with Crippen molar-refractivity contribution >= 4 is 18.0 Å². The van der Waals surface area contributed by atoms with Crippen LogP contribution in [0.1, 0.15) is 107 Å². The first kappa shape index (κ1) is 32.6. The number of nitriles is 1. The lowest BCUT2D eigenvalue weighted by molar-refractivity contribution is -0.139. The van der Waals surface area contributed by atoms with Gasteiger partial charge in [0.25, 0.3) is 0 Å². The highest BCUT2D eigenvalue weighted by Crippen LogP contribution is 2.19. The Bertz CT molecular complexity index is 1080. The maximum absolute atomic E-state index is 12.6. The first-order valence-corrected chi connectivity index (χ1v) is 14.8. The van der Waals surface area contributed by atoms with Gasteiger partial charge >= 0.3 is 11.9 Å². The number of nitrogens with zero attached hydrogens (tertiary/aromatic N) is 1. The summed E-state index contributed by atoms with van der Waals surface area (Å²) in [4.78, 5) is 24.7. The van der Waals surface area contributed by atoms with Crippen molar-refractivity contribution in [2.45, 2.75) is 91.4 Å². The number of ether oxygens (including phenoxy) is 3. The molecular formula is C34H45NO5. The Hall–Kier alpha value is -3.59. The average Bonchev–Trinajstić information content (AvgIpc) is 2.98. The molecule has 6 heteroatoms. The normalized spacial score (nSPS) is 11.9. The van der Waals surface area contributed by atoms with Gasteiger partial charge in [-0.25, -0.2) is 9.59 Å². The molecule has 0 N–H and O–H groups in total. The van der Waals surface area contributed by atoms with Crippen LogP contribution in [0.3, 0.4) is 0 Å². The van der Waals surface area contributed by atoms with E-state index in [1.807, 2.05) is 19.9 Å². The van der Waals surface area contributed by atoms with E-state index in [-0.39, 0.29) is 18.1 Å². The SMILES string of the molecule is CCCCCCCCCCCCOc1ccc(C(=O)Oc2ccc(C=C(C#N)C(=O)OCC(C)CC)cc2)cc1. The Balaban J connectivity index is 1.73. The van der Waals surface area contributed by atoms with Gasteiger partial charge in [-0.2, -0.15) is 5.26 Å². The zero-order chi connectivity index (χ0) is 29.0. The van der Waals surface area contributed by atoms with Gasteiger partial charge < -0.3 is 14.2 Å². The Kier molecular flexibility index (Phi) is 15.9. The number of carbonyl (C=O) groups excluding carboxylic acids is 2. The number of unbranched alkanes of at least 4 members (excludes halogenated alkanes) is 9. The van der Waals surface area contributed by atoms with Crippen LogP contribution in [0.5, 0.6) is 11.5 Å². The summed E-state index contributed by atoms with van der Waals surface area (Å²) in [6.45, 7) is 7.18. The molecule has 1 unspecified atom stereocenters. The lowest BCUT2D eigenvalue weighted by Gasteiger charge is -2.09. The fourth-order valence-electron chi connectivity index (χ4n) is 3.98. The summed E-state index contributed by atoms with van der Waals surface area (Å²) in [5.41, 5.74) is 0.968. The summed E-state index contributed by atoms with van der Waals surface area (Å²) in [6, 6.07) is 15.4. The third kappa shape index (κ3) is 13.0. The summed E-state index contributed by atoms with van der Waals surface area (Å²) in [5, 5.41) is 9.33. The Labute approximate surface area is 240 Å². The van der Waals surface area contributed by atoms with Crippen LogP contribution < -0.4 is 9.47 Å². The van der Waals surface area contributed by atoms with Crippen molar-refractivity contribution in [2.24, 2.45) is 5.92 Å². The Morgan fingerprint density at radius 2 is 1.40 bits per heavy atom. The van der Waals surface area contributed by atoms with Crippen molar-refractivity contribution in [3.8, 4) is 17.6 Å². The molecular weight excluding hydrogens is 502 g/mol. The number of rotatable bonds is 19. The smallest absolute Gasteiger partial charge is 0.348 e. The highest BCUT2D eigenvalue weighted by Gasteiger charge is 2.13. The summed E-state index contributed by atoms with van der Waals surface area (Å²) >= 11 is 0. The van der Waals surface area contributed by atoms with Crippen LogP contribution in [0.2, 0.25) is 0 Å². The number of benzene rings is 2. The van der Waals surface area contributed by atoms with Gasteiger partial charge in [0, 0.05) is 0 Å². The molecule has 6 nitrogen and oxygen atoms in total. The summed E-state index contributed by atoms with van der Waals surface area (Å²) < 4.78 is 16.5. The third-order valence-corrected chi connectivity index (χ3v) is 6.79. The quantitative estimate of drug-likeness (QED) is 0.0575. The molecule has 0 aliphatic heterocycles. The summed E-state index contributed by atoms with van der Waals surface area (Å²) in [7, 11) is 0. The van der Waals surface area contributed by atoms with Gasteiger partial charge in [-0.1, -0.05) is 97.1 Å². The van der Waals surface area contributed by atoms with E-state index in [2.05, 4.69) is 6.92 Å². The van der Waals surface area contributed by atoms with Gasteiger partial charge in [-0.15, -0.1) is 0 Å². The van der Waals surface area contributed by atoms with Crippen molar-refractivity contribution in [1.29, 1.82) is 5.26 Å². The largest absolute Gasteiger partial charge is 0.494 e. The molecule has 0 amide bonds. The van der Waals surface area contributed by atoms with Gasteiger partial charge in [0.05, 0.1) is 18.8 Å². The van der Waals surface area contributed by atoms with Crippen LogP contribution >= 0.6 is 0 Å². The molecule has 0 bridgehead atoms. The minimum absolute atomic E-state index is 0.0801. The first-order valence-electron chi connectivity index (χ1n) is 14.8. The molecule has 0 aromatic heterocycles. The predicted molar refractivity (Wildman–Crippen MR) is 159 cm³/mol. The second kappa shape index (κ2) is 19.5. The van der Waals surface area contributed by atoms with Crippen LogP contribution in [-0.2, 0) is 9.53 Å². The predicted octanol–water partition coefficient (Wildman–Crippen LogP) is 8.70. The molecule has 216 valence electrons. The van der Waals surface area contributed by atoms with Gasteiger partial charge in [0.2, 0.25) is 0 Å². The maximum atomic E-state index is 12.6. The van der Waals surface area contributed by atoms with E-state index in [9.17, 15) is 14.9 Å². The van der Waals surface area contributed by atoms with Crippen molar-refractivity contribution in [3.63, 3.8) is 0 Å². The highest BCUT2D eigenvalue weighted by molar-refractivity contribution is 5.98. The van der Waals surface area contributed by atoms with Crippen LogP contribution in [0, 0.1) is 17.2 Å². The van der Waals surface area contributed by atoms with Crippen molar-refractivity contribution in [2.75, 3.05) is 13.2 Å². The minimum atomic E-state index is -0.644. The molecule has 0 saturated heterocycles. The fraction of sp³-hybridized carbons (Fsp3) is 0.500. The Morgan fingerprint density at radius 1 is 0.825 bits per heavy atom. The lowest BCUT2D eigenvalue weighted by atomic mass is 10.1. The monoisotopic (exact) mass is 547 g/mol. The van der Waals surface area contributed by atoms with E-state index < -0.39 is 11.9 Å². The van der Waals surface area contributed by atoms with Gasteiger partial charge in [0.15, 0.2) is 0 Å². The molecule has 1 atom stereocenters. The molecule has 0 fully saturated rings. The van der Waals surface area contributed by atoms with Crippen LogP contribution in [0.25, 0.3) is 6.08 Å². The molecule has 40 heavy (non-hydrogen) atoms. The average molecular weight is 548 g/mol. The lowest BCUT2D eigenvalue weighted by Crippen LogP contribution is -2.12. The van der Waals surface area contributed by atoms with E-state index in [0.29, 0.717) is 23.5 Å². The van der Waals surface area contributed by atoms with Gasteiger partial charge in [0.1, 0.15) is 23.1 Å². The molecule has 2 aromatic carbocycles. The number of esters is 2. The molecule has 0 aliphatic rings. The van der Waals surface area contributed by atoms with E-state index in [4.69, 9.17) is 14.2 Å². The zero-order valence-electron chi connectivity index (χ0n) is 24.5. The van der Waals surface area contributed by atoms with Gasteiger partial charge in [-0.3, -0.25) is 0 Å². The van der Waals surface area contributed by atoms with Crippen LogP contribution in [-0.4, -0.2) is 25.2 Å². The topological polar surface area (TPSA) is 85.6 Å².